The highest BCUT2D eigenvalue weighted by Gasteiger charge is 2.18. The van der Waals surface area contributed by atoms with Gasteiger partial charge in [0.05, 0.1) is 0 Å². The van der Waals surface area contributed by atoms with Gasteiger partial charge in [-0.3, -0.25) is 4.79 Å². The molecule has 1 heterocycles. The van der Waals surface area contributed by atoms with Crippen LogP contribution in [-0.2, 0) is 17.1 Å². The van der Waals surface area contributed by atoms with Crippen molar-refractivity contribution >= 4 is 15.9 Å². The maximum atomic E-state index is 12.0. The van der Waals surface area contributed by atoms with E-state index in [9.17, 15) is 13.2 Å². The van der Waals surface area contributed by atoms with E-state index in [1.807, 2.05) is 6.92 Å². The molecule has 0 saturated heterocycles. The summed E-state index contributed by atoms with van der Waals surface area (Å²) in [5.41, 5.74) is 0.277. The number of carbonyl (C=O) groups is 1. The summed E-state index contributed by atoms with van der Waals surface area (Å²) in [5, 5.41) is 7.87. The van der Waals surface area contributed by atoms with E-state index in [4.69, 9.17) is 5.14 Å². The predicted molar refractivity (Wildman–Crippen MR) is 73.2 cm³/mol. The molecule has 1 rings (SSSR count). The fraction of sp³-hybridized carbons (Fsp3) is 0.583. The van der Waals surface area contributed by atoms with E-state index in [2.05, 4.69) is 19.2 Å². The molecule has 0 fully saturated rings. The first-order valence-electron chi connectivity index (χ1n) is 6.11. The van der Waals surface area contributed by atoms with Crippen LogP contribution in [0.1, 0.15) is 37.7 Å². The number of rotatable bonds is 5. The monoisotopic (exact) mass is 287 g/mol. The number of hydrogen-bond acceptors (Lipinski definition) is 3. The van der Waals surface area contributed by atoms with Gasteiger partial charge in [0.15, 0.2) is 0 Å². The average molecular weight is 287 g/mol. The van der Waals surface area contributed by atoms with Crippen LogP contribution in [0.15, 0.2) is 17.2 Å². The molecular formula is C12H21N3O3S. The lowest BCUT2D eigenvalue weighted by Gasteiger charge is -2.16. The molecular weight excluding hydrogens is 266 g/mol. The van der Waals surface area contributed by atoms with Crippen LogP contribution in [0.2, 0.25) is 0 Å². The minimum Gasteiger partial charge on any atom is -0.348 e. The number of nitrogens with one attached hydrogen (secondary N) is 1. The minimum absolute atomic E-state index is 0.0281. The Balaban J connectivity index is 2.86. The van der Waals surface area contributed by atoms with Crippen molar-refractivity contribution < 1.29 is 13.2 Å². The molecule has 0 aliphatic rings. The van der Waals surface area contributed by atoms with E-state index in [0.29, 0.717) is 5.92 Å². The second-order valence-electron chi connectivity index (χ2n) is 5.22. The van der Waals surface area contributed by atoms with E-state index < -0.39 is 10.0 Å². The average Bonchev–Trinajstić information content (AvgIpc) is 2.58. The topological polar surface area (TPSA) is 94.2 Å². The predicted octanol–water partition coefficient (Wildman–Crippen LogP) is 0.837. The third kappa shape index (κ3) is 4.36. The van der Waals surface area contributed by atoms with Crippen LogP contribution in [0.3, 0.4) is 0 Å². The molecule has 1 atom stereocenters. The highest BCUT2D eigenvalue weighted by Crippen LogP contribution is 2.12. The summed E-state index contributed by atoms with van der Waals surface area (Å²) in [6, 6.07) is 1.31. The Kier molecular flexibility index (Phi) is 4.75. The first kappa shape index (κ1) is 15.7. The summed E-state index contributed by atoms with van der Waals surface area (Å²) in [7, 11) is -2.18. The fourth-order valence-electron chi connectivity index (χ4n) is 1.98. The molecule has 1 aromatic rings. The SMILES string of the molecule is CC(C)CC(C)NC(=O)c1cc(S(N)(=O)=O)cn1C. The molecule has 0 saturated carbocycles. The molecule has 0 aromatic carbocycles. The summed E-state index contributed by atoms with van der Waals surface area (Å²) in [6.45, 7) is 6.07. The number of aromatic nitrogens is 1. The highest BCUT2D eigenvalue weighted by molar-refractivity contribution is 7.89. The molecule has 6 nitrogen and oxygen atoms in total. The van der Waals surface area contributed by atoms with Gasteiger partial charge in [0.2, 0.25) is 10.0 Å². The van der Waals surface area contributed by atoms with Gasteiger partial charge >= 0.3 is 0 Å². The van der Waals surface area contributed by atoms with Crippen LogP contribution in [-0.4, -0.2) is 24.9 Å². The standard InChI is InChI=1S/C12H21N3O3S/c1-8(2)5-9(3)14-12(16)11-6-10(7-15(11)4)19(13,17)18/h6-9H,5H2,1-4H3,(H,14,16)(H2,13,17,18). The normalized spacial score (nSPS) is 13.6. The molecule has 1 amide bonds. The first-order valence-corrected chi connectivity index (χ1v) is 7.66. The maximum Gasteiger partial charge on any atom is 0.268 e. The van der Waals surface area contributed by atoms with Crippen LogP contribution in [0.4, 0.5) is 0 Å². The van der Waals surface area contributed by atoms with Gasteiger partial charge in [0, 0.05) is 19.3 Å². The smallest absolute Gasteiger partial charge is 0.268 e. The Morgan fingerprint density at radius 1 is 1.42 bits per heavy atom. The van der Waals surface area contributed by atoms with Crippen molar-refractivity contribution in [1.82, 2.24) is 9.88 Å². The number of sulfonamides is 1. The Hall–Kier alpha value is -1.34. The highest BCUT2D eigenvalue weighted by atomic mass is 32.2. The summed E-state index contributed by atoms with van der Waals surface area (Å²) in [6.07, 6.45) is 2.19. The lowest BCUT2D eigenvalue weighted by molar-refractivity contribution is 0.0928. The van der Waals surface area contributed by atoms with Crippen LogP contribution in [0.25, 0.3) is 0 Å². The zero-order chi connectivity index (χ0) is 14.8. The third-order valence-electron chi connectivity index (χ3n) is 2.74. The first-order chi connectivity index (χ1) is 8.61. The van der Waals surface area contributed by atoms with Gasteiger partial charge in [-0.2, -0.15) is 0 Å². The van der Waals surface area contributed by atoms with Crippen LogP contribution in [0, 0.1) is 5.92 Å². The minimum atomic E-state index is -3.79. The van der Waals surface area contributed by atoms with E-state index in [1.165, 1.54) is 16.8 Å². The molecule has 0 spiro atoms. The molecule has 1 aromatic heterocycles. The number of hydrogen-bond donors (Lipinski definition) is 2. The van der Waals surface area contributed by atoms with Crippen LogP contribution >= 0.6 is 0 Å². The zero-order valence-corrected chi connectivity index (χ0v) is 12.5. The fourth-order valence-corrected chi connectivity index (χ4v) is 2.56. The molecule has 7 heteroatoms. The Morgan fingerprint density at radius 2 is 2.00 bits per heavy atom. The van der Waals surface area contributed by atoms with Gasteiger partial charge in [-0.05, 0) is 25.3 Å². The van der Waals surface area contributed by atoms with Crippen molar-refractivity contribution in [3.8, 4) is 0 Å². The number of carbonyl (C=O) groups excluding carboxylic acids is 1. The quantitative estimate of drug-likeness (QED) is 0.840. The molecule has 0 radical (unpaired) electrons. The van der Waals surface area contributed by atoms with Crippen molar-refractivity contribution in [3.63, 3.8) is 0 Å². The maximum absolute atomic E-state index is 12.0. The van der Waals surface area contributed by atoms with Crippen LogP contribution in [0.5, 0.6) is 0 Å². The Bertz CT molecular complexity index is 561. The Morgan fingerprint density at radius 3 is 2.42 bits per heavy atom. The summed E-state index contributed by atoms with van der Waals surface area (Å²) >= 11 is 0. The number of nitrogens with zero attached hydrogens (tertiary/aromatic N) is 1. The molecule has 19 heavy (non-hydrogen) atoms. The second-order valence-corrected chi connectivity index (χ2v) is 6.78. The zero-order valence-electron chi connectivity index (χ0n) is 11.7. The Labute approximate surface area is 114 Å². The summed E-state index contributed by atoms with van der Waals surface area (Å²) < 4.78 is 23.9. The molecule has 1 unspecified atom stereocenters. The van der Waals surface area contributed by atoms with Crippen molar-refractivity contribution in [3.05, 3.63) is 18.0 Å². The van der Waals surface area contributed by atoms with Crippen molar-refractivity contribution in [1.29, 1.82) is 0 Å². The van der Waals surface area contributed by atoms with Gasteiger partial charge < -0.3 is 9.88 Å². The summed E-state index contributed by atoms with van der Waals surface area (Å²) in [5.74, 6) is 0.175. The number of primary sulfonamides is 1. The number of nitrogens with two attached hydrogens (primary N) is 1. The molecule has 3 N–H and O–H groups in total. The number of aryl methyl sites for hydroxylation is 1. The van der Waals surface area contributed by atoms with Crippen molar-refractivity contribution in [2.45, 2.75) is 38.1 Å². The molecule has 0 aliphatic heterocycles. The van der Waals surface area contributed by atoms with Gasteiger partial charge in [-0.25, -0.2) is 13.6 Å². The van der Waals surface area contributed by atoms with Gasteiger partial charge in [-0.1, -0.05) is 13.8 Å². The number of amides is 1. The lowest BCUT2D eigenvalue weighted by atomic mass is 10.1. The molecule has 108 valence electrons. The van der Waals surface area contributed by atoms with Crippen LogP contribution < -0.4 is 10.5 Å². The van der Waals surface area contributed by atoms with Gasteiger partial charge in [0.25, 0.3) is 5.91 Å². The van der Waals surface area contributed by atoms with E-state index in [1.54, 1.807) is 7.05 Å². The van der Waals surface area contributed by atoms with Crippen molar-refractivity contribution in [2.24, 2.45) is 18.1 Å². The van der Waals surface area contributed by atoms with Gasteiger partial charge in [-0.15, -0.1) is 0 Å². The second kappa shape index (κ2) is 5.75. The summed E-state index contributed by atoms with van der Waals surface area (Å²) in [4.78, 5) is 12.0. The van der Waals surface area contributed by atoms with E-state index in [0.717, 1.165) is 6.42 Å². The largest absolute Gasteiger partial charge is 0.348 e. The van der Waals surface area contributed by atoms with E-state index in [-0.39, 0.29) is 22.5 Å². The van der Waals surface area contributed by atoms with Gasteiger partial charge in [0.1, 0.15) is 10.6 Å². The van der Waals surface area contributed by atoms with E-state index >= 15 is 0 Å². The lowest BCUT2D eigenvalue weighted by Crippen LogP contribution is -2.34. The molecule has 0 bridgehead atoms. The van der Waals surface area contributed by atoms with Crippen molar-refractivity contribution in [2.75, 3.05) is 0 Å². The molecule has 0 aliphatic carbocycles. The third-order valence-corrected chi connectivity index (χ3v) is 3.62.